The number of halogens is 3. The fourth-order valence-electron chi connectivity index (χ4n) is 2.30. The lowest BCUT2D eigenvalue weighted by molar-refractivity contribution is -0.165. The summed E-state index contributed by atoms with van der Waals surface area (Å²) in [7, 11) is 0. The fraction of sp³-hybridized carbons (Fsp3) is 0.909. The van der Waals surface area contributed by atoms with Gasteiger partial charge in [0, 0.05) is 12.6 Å². The van der Waals surface area contributed by atoms with Crippen molar-refractivity contribution < 1.29 is 23.1 Å². The summed E-state index contributed by atoms with van der Waals surface area (Å²) >= 11 is 0. The molecule has 0 aromatic rings. The van der Waals surface area contributed by atoms with Crippen LogP contribution in [0.25, 0.3) is 0 Å². The quantitative estimate of drug-likeness (QED) is 0.795. The molecule has 106 valence electrons. The smallest absolute Gasteiger partial charge is 0.395 e. The maximum Gasteiger partial charge on any atom is 0.406 e. The van der Waals surface area contributed by atoms with E-state index in [1.165, 1.54) is 0 Å². The number of nitrogens with two attached hydrogens (primary N) is 1. The van der Waals surface area contributed by atoms with Gasteiger partial charge in [-0.2, -0.15) is 13.2 Å². The standard InChI is InChI=1S/C11H19F3N2O2/c12-11(13,14)7-16(5-6-17)10(18)8-3-1-2-4-9(8)15/h8-9,17H,1-7,15H2. The molecule has 1 saturated carbocycles. The van der Waals surface area contributed by atoms with E-state index in [0.717, 1.165) is 12.8 Å². The fourth-order valence-corrected chi connectivity index (χ4v) is 2.30. The van der Waals surface area contributed by atoms with Gasteiger partial charge < -0.3 is 15.7 Å². The Morgan fingerprint density at radius 3 is 2.44 bits per heavy atom. The number of rotatable bonds is 4. The van der Waals surface area contributed by atoms with Gasteiger partial charge >= 0.3 is 6.18 Å². The minimum Gasteiger partial charge on any atom is -0.395 e. The number of carbonyl (C=O) groups is 1. The summed E-state index contributed by atoms with van der Waals surface area (Å²) in [6, 6.07) is -0.374. The molecular weight excluding hydrogens is 249 g/mol. The van der Waals surface area contributed by atoms with E-state index in [0.29, 0.717) is 17.7 Å². The molecule has 18 heavy (non-hydrogen) atoms. The summed E-state index contributed by atoms with van der Waals surface area (Å²) in [5.41, 5.74) is 5.79. The molecule has 0 aromatic heterocycles. The highest BCUT2D eigenvalue weighted by Crippen LogP contribution is 2.26. The van der Waals surface area contributed by atoms with Gasteiger partial charge in [0.1, 0.15) is 6.54 Å². The summed E-state index contributed by atoms with van der Waals surface area (Å²) in [6.07, 6.45) is -1.55. The summed E-state index contributed by atoms with van der Waals surface area (Å²) in [5, 5.41) is 8.75. The average Bonchev–Trinajstić information content (AvgIpc) is 2.26. The van der Waals surface area contributed by atoms with Gasteiger partial charge in [-0.1, -0.05) is 12.8 Å². The van der Waals surface area contributed by atoms with E-state index in [1.54, 1.807) is 0 Å². The Kier molecular flexibility index (Phi) is 5.40. The summed E-state index contributed by atoms with van der Waals surface area (Å²) in [4.78, 5) is 12.7. The van der Waals surface area contributed by atoms with Gasteiger partial charge in [0.15, 0.2) is 0 Å². The van der Waals surface area contributed by atoms with E-state index < -0.39 is 31.2 Å². The van der Waals surface area contributed by atoms with Crippen molar-refractivity contribution >= 4 is 5.91 Å². The van der Waals surface area contributed by atoms with Crippen LogP contribution in [-0.2, 0) is 4.79 Å². The van der Waals surface area contributed by atoms with Crippen molar-refractivity contribution in [3.63, 3.8) is 0 Å². The van der Waals surface area contributed by atoms with E-state index in [4.69, 9.17) is 10.8 Å². The molecule has 1 amide bonds. The maximum absolute atomic E-state index is 12.3. The monoisotopic (exact) mass is 268 g/mol. The van der Waals surface area contributed by atoms with Crippen LogP contribution in [0.3, 0.4) is 0 Å². The number of carbonyl (C=O) groups excluding carboxylic acids is 1. The van der Waals surface area contributed by atoms with Crippen molar-refractivity contribution in [2.75, 3.05) is 19.7 Å². The molecule has 1 aliphatic carbocycles. The molecule has 0 aromatic carbocycles. The van der Waals surface area contributed by atoms with Crippen LogP contribution >= 0.6 is 0 Å². The van der Waals surface area contributed by atoms with Gasteiger partial charge in [0.2, 0.25) is 5.91 Å². The predicted octanol–water partition coefficient (Wildman–Crippen LogP) is 0.887. The number of hydrogen-bond acceptors (Lipinski definition) is 3. The average molecular weight is 268 g/mol. The zero-order chi connectivity index (χ0) is 13.8. The van der Waals surface area contributed by atoms with Gasteiger partial charge in [-0.3, -0.25) is 4.79 Å². The first-order valence-electron chi connectivity index (χ1n) is 6.07. The molecule has 0 bridgehead atoms. The van der Waals surface area contributed by atoms with E-state index in [-0.39, 0.29) is 12.6 Å². The zero-order valence-corrected chi connectivity index (χ0v) is 10.1. The molecule has 3 N–H and O–H groups in total. The minimum absolute atomic E-state index is 0.304. The minimum atomic E-state index is -4.45. The first-order chi connectivity index (χ1) is 8.35. The molecule has 1 rings (SSSR count). The van der Waals surface area contributed by atoms with Crippen LogP contribution in [0.1, 0.15) is 25.7 Å². The van der Waals surface area contributed by atoms with Crippen LogP contribution in [0, 0.1) is 5.92 Å². The normalized spacial score (nSPS) is 24.9. The second-order valence-corrected chi connectivity index (χ2v) is 4.65. The summed E-state index contributed by atoms with van der Waals surface area (Å²) in [6.45, 7) is -2.11. The molecule has 0 heterocycles. The SMILES string of the molecule is NC1CCCCC1C(=O)N(CCO)CC(F)(F)F. The molecule has 2 unspecified atom stereocenters. The Hall–Kier alpha value is -0.820. The summed E-state index contributed by atoms with van der Waals surface area (Å²) < 4.78 is 37.0. The molecule has 0 spiro atoms. The van der Waals surface area contributed by atoms with Gasteiger partial charge in [-0.15, -0.1) is 0 Å². The molecule has 4 nitrogen and oxygen atoms in total. The second kappa shape index (κ2) is 6.38. The lowest BCUT2D eigenvalue weighted by atomic mass is 9.84. The largest absolute Gasteiger partial charge is 0.406 e. The topological polar surface area (TPSA) is 66.6 Å². The Morgan fingerprint density at radius 2 is 1.94 bits per heavy atom. The van der Waals surface area contributed by atoms with E-state index in [2.05, 4.69) is 0 Å². The molecule has 0 radical (unpaired) electrons. The third kappa shape index (κ3) is 4.45. The van der Waals surface area contributed by atoms with Crippen molar-refractivity contribution in [3.05, 3.63) is 0 Å². The highest BCUT2D eigenvalue weighted by molar-refractivity contribution is 5.79. The Morgan fingerprint density at radius 1 is 1.33 bits per heavy atom. The predicted molar refractivity (Wildman–Crippen MR) is 59.7 cm³/mol. The van der Waals surface area contributed by atoms with E-state index in [1.807, 2.05) is 0 Å². The number of hydrogen-bond donors (Lipinski definition) is 2. The van der Waals surface area contributed by atoms with Crippen molar-refractivity contribution in [2.24, 2.45) is 11.7 Å². The zero-order valence-electron chi connectivity index (χ0n) is 10.1. The van der Waals surface area contributed by atoms with Crippen LogP contribution in [0.15, 0.2) is 0 Å². The highest BCUT2D eigenvalue weighted by Gasteiger charge is 2.37. The molecular formula is C11H19F3N2O2. The highest BCUT2D eigenvalue weighted by atomic mass is 19.4. The van der Waals surface area contributed by atoms with Gasteiger partial charge in [0.25, 0.3) is 0 Å². The first-order valence-corrected chi connectivity index (χ1v) is 6.07. The third-order valence-corrected chi connectivity index (χ3v) is 3.19. The molecule has 0 saturated heterocycles. The van der Waals surface area contributed by atoms with Crippen molar-refractivity contribution in [2.45, 2.75) is 37.9 Å². The third-order valence-electron chi connectivity index (χ3n) is 3.19. The molecule has 0 aliphatic heterocycles. The first kappa shape index (κ1) is 15.2. The number of amides is 1. The van der Waals surface area contributed by atoms with Crippen molar-refractivity contribution in [1.82, 2.24) is 4.90 Å². The van der Waals surface area contributed by atoms with Gasteiger partial charge in [0.05, 0.1) is 12.5 Å². The van der Waals surface area contributed by atoms with E-state index in [9.17, 15) is 18.0 Å². The Labute approximate surface area is 104 Å². The maximum atomic E-state index is 12.3. The molecule has 1 aliphatic rings. The van der Waals surface area contributed by atoms with Crippen molar-refractivity contribution in [1.29, 1.82) is 0 Å². The number of aliphatic hydroxyl groups excluding tert-OH is 1. The van der Waals surface area contributed by atoms with Crippen LogP contribution in [0.2, 0.25) is 0 Å². The van der Waals surface area contributed by atoms with Crippen LogP contribution in [0.4, 0.5) is 13.2 Å². The van der Waals surface area contributed by atoms with Crippen LogP contribution in [0.5, 0.6) is 0 Å². The van der Waals surface area contributed by atoms with Gasteiger partial charge in [-0.05, 0) is 12.8 Å². The molecule has 2 atom stereocenters. The lowest BCUT2D eigenvalue weighted by Gasteiger charge is -2.33. The van der Waals surface area contributed by atoms with Crippen molar-refractivity contribution in [3.8, 4) is 0 Å². The van der Waals surface area contributed by atoms with E-state index >= 15 is 0 Å². The van der Waals surface area contributed by atoms with Gasteiger partial charge in [-0.25, -0.2) is 0 Å². The molecule has 1 fully saturated rings. The van der Waals surface area contributed by atoms with Crippen LogP contribution in [-0.4, -0.2) is 47.8 Å². The summed E-state index contributed by atoms with van der Waals surface area (Å²) in [5.74, 6) is -1.14. The second-order valence-electron chi connectivity index (χ2n) is 4.65. The Bertz CT molecular complexity index is 284. The number of aliphatic hydroxyl groups is 1. The lowest BCUT2D eigenvalue weighted by Crippen LogP contribution is -2.49. The molecule has 7 heteroatoms. The Balaban J connectivity index is 2.68. The van der Waals surface area contributed by atoms with Crippen LogP contribution < -0.4 is 5.73 Å². The number of alkyl halides is 3. The number of nitrogens with zero attached hydrogens (tertiary/aromatic N) is 1.